The number of benzene rings is 1. The van der Waals surface area contributed by atoms with Gasteiger partial charge in [-0.15, -0.1) is 13.2 Å². The first kappa shape index (κ1) is 22.0. The summed E-state index contributed by atoms with van der Waals surface area (Å²) in [7, 11) is 3.78. The number of thiazole rings is 1. The third-order valence-corrected chi connectivity index (χ3v) is 5.25. The largest absolute Gasteiger partial charge is 0.573 e. The molecule has 30 heavy (non-hydrogen) atoms. The van der Waals surface area contributed by atoms with Gasteiger partial charge in [0.05, 0.1) is 10.2 Å². The van der Waals surface area contributed by atoms with Crippen LogP contribution in [0.1, 0.15) is 30.4 Å². The summed E-state index contributed by atoms with van der Waals surface area (Å²) in [6.45, 7) is 4.79. The third kappa shape index (κ3) is 5.08. The minimum atomic E-state index is -4.77. The first-order chi connectivity index (χ1) is 14.0. The van der Waals surface area contributed by atoms with Crippen LogP contribution in [0.4, 0.5) is 18.3 Å². The summed E-state index contributed by atoms with van der Waals surface area (Å²) in [5.41, 5.74) is 0.911. The Morgan fingerprint density at radius 1 is 1.23 bits per heavy atom. The number of aromatic nitrogens is 3. The smallest absolute Gasteiger partial charge is 0.406 e. The van der Waals surface area contributed by atoms with E-state index in [1.807, 2.05) is 32.8 Å². The minimum absolute atomic E-state index is 0.00732. The molecule has 0 saturated carbocycles. The second-order valence-electron chi connectivity index (χ2n) is 7.19. The zero-order chi connectivity index (χ0) is 22.1. The van der Waals surface area contributed by atoms with Crippen LogP contribution in [-0.4, -0.2) is 59.1 Å². The van der Waals surface area contributed by atoms with E-state index in [9.17, 15) is 18.0 Å². The Balaban J connectivity index is 1.97. The van der Waals surface area contributed by atoms with Crippen LogP contribution in [0.25, 0.3) is 10.2 Å². The van der Waals surface area contributed by atoms with Gasteiger partial charge in [-0.3, -0.25) is 14.4 Å². The van der Waals surface area contributed by atoms with Gasteiger partial charge in [-0.25, -0.2) is 4.98 Å². The standard InChI is InChI=1S/C19H22F3N5O2S/c1-12(2)27-15(7-8-23-27)17(28)26(10-9-25(3)4)18-24-14-6-5-13(11-16(14)30-18)29-19(20,21)22/h5-8,11-12H,9-10H2,1-4H3. The third-order valence-electron chi connectivity index (χ3n) is 4.21. The number of carbonyl (C=O) groups is 1. The molecule has 11 heteroatoms. The number of hydrogen-bond donors (Lipinski definition) is 0. The van der Waals surface area contributed by atoms with Crippen molar-refractivity contribution in [3.8, 4) is 5.75 Å². The monoisotopic (exact) mass is 441 g/mol. The maximum atomic E-state index is 13.3. The number of amides is 1. The molecule has 0 unspecified atom stereocenters. The zero-order valence-electron chi connectivity index (χ0n) is 17.0. The summed E-state index contributed by atoms with van der Waals surface area (Å²) in [6.07, 6.45) is -3.21. The second-order valence-corrected chi connectivity index (χ2v) is 8.20. The average Bonchev–Trinajstić information content (AvgIpc) is 3.26. The van der Waals surface area contributed by atoms with Crippen molar-refractivity contribution in [3.63, 3.8) is 0 Å². The first-order valence-electron chi connectivity index (χ1n) is 9.21. The number of likely N-dealkylation sites (N-methyl/N-ethyl adjacent to an activating group) is 1. The summed E-state index contributed by atoms with van der Waals surface area (Å²) in [6, 6.07) is 5.57. The number of anilines is 1. The molecule has 0 radical (unpaired) electrons. The topological polar surface area (TPSA) is 63.5 Å². The molecule has 0 bridgehead atoms. The number of halogens is 3. The molecule has 3 aromatic rings. The molecule has 0 aliphatic rings. The maximum Gasteiger partial charge on any atom is 0.573 e. The van der Waals surface area contributed by atoms with Gasteiger partial charge in [-0.2, -0.15) is 5.10 Å². The van der Waals surface area contributed by atoms with E-state index in [0.29, 0.717) is 34.1 Å². The lowest BCUT2D eigenvalue weighted by Gasteiger charge is -2.22. The van der Waals surface area contributed by atoms with E-state index in [1.54, 1.807) is 16.9 Å². The minimum Gasteiger partial charge on any atom is -0.406 e. The van der Waals surface area contributed by atoms with Crippen molar-refractivity contribution in [1.82, 2.24) is 19.7 Å². The fourth-order valence-corrected chi connectivity index (χ4v) is 3.84. The van der Waals surface area contributed by atoms with Crippen LogP contribution in [0.5, 0.6) is 5.75 Å². The molecule has 3 rings (SSSR count). The van der Waals surface area contributed by atoms with E-state index in [0.717, 1.165) is 11.3 Å². The predicted octanol–water partition coefficient (Wildman–Crippen LogP) is 4.18. The highest BCUT2D eigenvalue weighted by Crippen LogP contribution is 2.34. The Bertz CT molecular complexity index is 1030. The molecule has 0 saturated heterocycles. The van der Waals surface area contributed by atoms with E-state index in [2.05, 4.69) is 14.8 Å². The SMILES string of the molecule is CC(C)n1nccc1C(=O)N(CCN(C)C)c1nc2ccc(OC(F)(F)F)cc2s1. The molecule has 2 heterocycles. The van der Waals surface area contributed by atoms with Gasteiger partial charge < -0.3 is 9.64 Å². The molecule has 0 atom stereocenters. The van der Waals surface area contributed by atoms with Gasteiger partial charge in [0, 0.05) is 31.4 Å². The normalized spacial score (nSPS) is 12.2. The number of ether oxygens (including phenoxy) is 1. The highest BCUT2D eigenvalue weighted by atomic mass is 32.1. The van der Waals surface area contributed by atoms with E-state index in [1.165, 1.54) is 23.1 Å². The quantitative estimate of drug-likeness (QED) is 0.550. The van der Waals surface area contributed by atoms with Gasteiger partial charge in [-0.05, 0) is 46.1 Å². The molecule has 7 nitrogen and oxygen atoms in total. The molecular weight excluding hydrogens is 419 g/mol. The summed E-state index contributed by atoms with van der Waals surface area (Å²) in [4.78, 5) is 21.3. The average molecular weight is 441 g/mol. The van der Waals surface area contributed by atoms with Crippen molar-refractivity contribution in [2.24, 2.45) is 0 Å². The number of hydrogen-bond acceptors (Lipinski definition) is 6. The zero-order valence-corrected chi connectivity index (χ0v) is 17.8. The van der Waals surface area contributed by atoms with Crippen molar-refractivity contribution in [1.29, 1.82) is 0 Å². The lowest BCUT2D eigenvalue weighted by Crippen LogP contribution is -2.38. The maximum absolute atomic E-state index is 13.3. The van der Waals surface area contributed by atoms with E-state index in [-0.39, 0.29) is 17.7 Å². The molecule has 0 spiro atoms. The van der Waals surface area contributed by atoms with Gasteiger partial charge >= 0.3 is 6.36 Å². The van der Waals surface area contributed by atoms with Crippen LogP contribution in [0.15, 0.2) is 30.5 Å². The van der Waals surface area contributed by atoms with Crippen LogP contribution in [0.3, 0.4) is 0 Å². The number of nitrogens with zero attached hydrogens (tertiary/aromatic N) is 5. The molecule has 0 aliphatic heterocycles. The summed E-state index contributed by atoms with van der Waals surface area (Å²) in [5, 5.41) is 4.62. The molecule has 0 fully saturated rings. The van der Waals surface area contributed by atoms with Crippen LogP contribution in [0, 0.1) is 0 Å². The Hall–Kier alpha value is -2.66. The fraction of sp³-hybridized carbons (Fsp3) is 0.421. The van der Waals surface area contributed by atoms with Gasteiger partial charge in [0.15, 0.2) is 5.13 Å². The van der Waals surface area contributed by atoms with E-state index in [4.69, 9.17) is 0 Å². The van der Waals surface area contributed by atoms with E-state index < -0.39 is 6.36 Å². The van der Waals surface area contributed by atoms with Gasteiger partial charge in [0.25, 0.3) is 5.91 Å². The van der Waals surface area contributed by atoms with Crippen LogP contribution in [-0.2, 0) is 0 Å². The van der Waals surface area contributed by atoms with Gasteiger partial charge in [0.2, 0.25) is 0 Å². The summed E-state index contributed by atoms with van der Waals surface area (Å²) in [5.74, 6) is -0.594. The Morgan fingerprint density at radius 3 is 2.60 bits per heavy atom. The van der Waals surface area contributed by atoms with Gasteiger partial charge in [0.1, 0.15) is 11.4 Å². The van der Waals surface area contributed by atoms with Crippen molar-refractivity contribution < 1.29 is 22.7 Å². The number of alkyl halides is 3. The number of carbonyl (C=O) groups excluding carboxylic acids is 1. The first-order valence-corrected chi connectivity index (χ1v) is 10.0. The molecule has 0 aliphatic carbocycles. The second kappa shape index (κ2) is 8.60. The van der Waals surface area contributed by atoms with Crippen molar-refractivity contribution in [2.45, 2.75) is 26.3 Å². The Kier molecular flexibility index (Phi) is 6.32. The predicted molar refractivity (Wildman–Crippen MR) is 109 cm³/mol. The molecule has 0 N–H and O–H groups in total. The Morgan fingerprint density at radius 2 is 1.97 bits per heavy atom. The fourth-order valence-electron chi connectivity index (χ4n) is 2.82. The Labute approximate surface area is 175 Å². The molecule has 1 amide bonds. The van der Waals surface area contributed by atoms with Gasteiger partial charge in [-0.1, -0.05) is 11.3 Å². The summed E-state index contributed by atoms with van der Waals surface area (Å²) < 4.78 is 43.7. The highest BCUT2D eigenvalue weighted by molar-refractivity contribution is 7.22. The van der Waals surface area contributed by atoms with Crippen molar-refractivity contribution in [2.75, 3.05) is 32.1 Å². The molecule has 162 valence electrons. The van der Waals surface area contributed by atoms with Crippen molar-refractivity contribution in [3.05, 3.63) is 36.2 Å². The molecule has 1 aromatic carbocycles. The van der Waals surface area contributed by atoms with Crippen LogP contribution >= 0.6 is 11.3 Å². The summed E-state index contributed by atoms with van der Waals surface area (Å²) >= 11 is 1.14. The molecular formula is C19H22F3N5O2S. The lowest BCUT2D eigenvalue weighted by atomic mass is 10.3. The van der Waals surface area contributed by atoms with Crippen LogP contribution < -0.4 is 9.64 Å². The number of rotatable bonds is 7. The van der Waals surface area contributed by atoms with Crippen molar-refractivity contribution >= 4 is 32.6 Å². The van der Waals surface area contributed by atoms with E-state index >= 15 is 0 Å². The number of fused-ring (bicyclic) bond motifs is 1. The highest BCUT2D eigenvalue weighted by Gasteiger charge is 2.31. The molecule has 2 aromatic heterocycles. The lowest BCUT2D eigenvalue weighted by molar-refractivity contribution is -0.274. The van der Waals surface area contributed by atoms with Crippen LogP contribution in [0.2, 0.25) is 0 Å².